The van der Waals surface area contributed by atoms with Crippen molar-refractivity contribution >= 4 is 29.2 Å². The van der Waals surface area contributed by atoms with E-state index >= 15 is 0 Å². The number of hydrogen-bond acceptors (Lipinski definition) is 3. The van der Waals surface area contributed by atoms with Gasteiger partial charge in [0.1, 0.15) is 5.82 Å². The summed E-state index contributed by atoms with van der Waals surface area (Å²) >= 11 is 0. The molecule has 0 spiro atoms. The molecular formula is C24H27FN4O3. The van der Waals surface area contributed by atoms with E-state index in [1.165, 1.54) is 24.3 Å². The van der Waals surface area contributed by atoms with Gasteiger partial charge in [-0.3, -0.25) is 9.59 Å². The van der Waals surface area contributed by atoms with E-state index in [0.29, 0.717) is 31.9 Å². The van der Waals surface area contributed by atoms with Crippen molar-refractivity contribution in [3.05, 3.63) is 60.4 Å². The van der Waals surface area contributed by atoms with Crippen LogP contribution in [0.4, 0.5) is 20.6 Å². The largest absolute Gasteiger partial charge is 0.356 e. The van der Waals surface area contributed by atoms with Crippen LogP contribution in [-0.2, 0) is 9.59 Å². The van der Waals surface area contributed by atoms with E-state index in [2.05, 4.69) is 10.6 Å². The third-order valence-electron chi connectivity index (χ3n) is 6.13. The van der Waals surface area contributed by atoms with E-state index in [1.807, 2.05) is 30.3 Å². The Bertz CT molecular complexity index is 959. The van der Waals surface area contributed by atoms with Crippen molar-refractivity contribution in [1.82, 2.24) is 10.2 Å². The lowest BCUT2D eigenvalue weighted by atomic mass is 9.96. The van der Waals surface area contributed by atoms with Crippen molar-refractivity contribution in [1.29, 1.82) is 0 Å². The SMILES string of the molecule is O=C(NCC1CCN(C(=O)Nc2ccc(F)cc2)CC1)C1CC(=O)N(c2ccccc2)C1. The Morgan fingerprint density at radius 3 is 2.38 bits per heavy atom. The van der Waals surface area contributed by atoms with Gasteiger partial charge in [-0.15, -0.1) is 0 Å². The highest BCUT2D eigenvalue weighted by Crippen LogP contribution is 2.25. The van der Waals surface area contributed by atoms with Gasteiger partial charge in [0.2, 0.25) is 11.8 Å². The summed E-state index contributed by atoms with van der Waals surface area (Å²) in [6.45, 7) is 2.13. The second kappa shape index (κ2) is 9.80. The number of amides is 4. The minimum Gasteiger partial charge on any atom is -0.356 e. The second-order valence-corrected chi connectivity index (χ2v) is 8.35. The summed E-state index contributed by atoms with van der Waals surface area (Å²) in [6, 6.07) is 14.9. The molecule has 0 aliphatic carbocycles. The van der Waals surface area contributed by atoms with Gasteiger partial charge in [0.05, 0.1) is 5.92 Å². The normalized spacial score (nSPS) is 19.2. The minimum absolute atomic E-state index is 0.0307. The van der Waals surface area contributed by atoms with Crippen molar-refractivity contribution < 1.29 is 18.8 Å². The standard InChI is InChI=1S/C24H27FN4O3/c25-19-6-8-20(9-7-19)27-24(32)28-12-10-17(11-13-28)15-26-23(31)18-14-22(30)29(16-18)21-4-2-1-3-5-21/h1-9,17-18H,10-16H2,(H,26,31)(H,27,32). The van der Waals surface area contributed by atoms with Gasteiger partial charge in [-0.05, 0) is 55.2 Å². The Morgan fingerprint density at radius 1 is 1.00 bits per heavy atom. The highest BCUT2D eigenvalue weighted by Gasteiger charge is 2.35. The molecule has 2 aliphatic rings. The first-order valence-electron chi connectivity index (χ1n) is 10.9. The number of benzene rings is 2. The molecule has 2 aromatic carbocycles. The third kappa shape index (κ3) is 5.25. The average Bonchev–Trinajstić information content (AvgIpc) is 3.21. The second-order valence-electron chi connectivity index (χ2n) is 8.35. The van der Waals surface area contributed by atoms with Gasteiger partial charge in [0.15, 0.2) is 0 Å². The molecule has 0 bridgehead atoms. The van der Waals surface area contributed by atoms with E-state index in [-0.39, 0.29) is 41.9 Å². The molecule has 2 N–H and O–H groups in total. The van der Waals surface area contributed by atoms with Crippen molar-refractivity contribution in [2.45, 2.75) is 19.3 Å². The molecule has 0 saturated carbocycles. The molecule has 2 aliphatic heterocycles. The Labute approximate surface area is 186 Å². The predicted molar refractivity (Wildman–Crippen MR) is 120 cm³/mol. The fourth-order valence-corrected chi connectivity index (χ4v) is 4.21. The number of para-hydroxylation sites is 1. The molecule has 32 heavy (non-hydrogen) atoms. The summed E-state index contributed by atoms with van der Waals surface area (Å²) in [5, 5.41) is 5.78. The molecule has 1 atom stereocenters. The topological polar surface area (TPSA) is 81.8 Å². The van der Waals surface area contributed by atoms with Gasteiger partial charge >= 0.3 is 6.03 Å². The van der Waals surface area contributed by atoms with Gasteiger partial charge in [-0.25, -0.2) is 9.18 Å². The summed E-state index contributed by atoms with van der Waals surface area (Å²) in [5.74, 6) is -0.522. The van der Waals surface area contributed by atoms with Gasteiger partial charge in [0.25, 0.3) is 0 Å². The molecule has 0 aromatic heterocycles. The highest BCUT2D eigenvalue weighted by molar-refractivity contribution is 6.00. The highest BCUT2D eigenvalue weighted by atomic mass is 19.1. The fraction of sp³-hybridized carbons (Fsp3) is 0.375. The lowest BCUT2D eigenvalue weighted by Crippen LogP contribution is -2.44. The average molecular weight is 439 g/mol. The lowest BCUT2D eigenvalue weighted by molar-refractivity contribution is -0.126. The van der Waals surface area contributed by atoms with E-state index in [4.69, 9.17) is 0 Å². The van der Waals surface area contributed by atoms with E-state index < -0.39 is 0 Å². The number of nitrogens with one attached hydrogen (secondary N) is 2. The monoisotopic (exact) mass is 438 g/mol. The first kappa shape index (κ1) is 21.8. The van der Waals surface area contributed by atoms with Gasteiger partial charge < -0.3 is 20.4 Å². The zero-order chi connectivity index (χ0) is 22.5. The van der Waals surface area contributed by atoms with Crippen LogP contribution in [0.3, 0.4) is 0 Å². The molecular weight excluding hydrogens is 411 g/mol. The van der Waals surface area contributed by atoms with Crippen molar-refractivity contribution in [3.63, 3.8) is 0 Å². The Balaban J connectivity index is 1.19. The van der Waals surface area contributed by atoms with Crippen LogP contribution in [0.15, 0.2) is 54.6 Å². The predicted octanol–water partition coefficient (Wildman–Crippen LogP) is 3.24. The maximum absolute atomic E-state index is 13.0. The summed E-state index contributed by atoms with van der Waals surface area (Å²) in [4.78, 5) is 40.7. The van der Waals surface area contributed by atoms with Crippen LogP contribution in [0.5, 0.6) is 0 Å². The Hall–Kier alpha value is -3.42. The summed E-state index contributed by atoms with van der Waals surface area (Å²) in [5.41, 5.74) is 1.38. The molecule has 2 heterocycles. The number of likely N-dealkylation sites (tertiary alicyclic amines) is 1. The van der Waals surface area contributed by atoms with Crippen molar-refractivity contribution in [3.8, 4) is 0 Å². The quantitative estimate of drug-likeness (QED) is 0.752. The van der Waals surface area contributed by atoms with Crippen molar-refractivity contribution in [2.24, 2.45) is 11.8 Å². The van der Waals surface area contributed by atoms with Crippen LogP contribution in [-0.4, -0.2) is 48.9 Å². The van der Waals surface area contributed by atoms with Gasteiger partial charge in [-0.1, -0.05) is 18.2 Å². The number of nitrogens with zero attached hydrogens (tertiary/aromatic N) is 2. The minimum atomic E-state index is -0.347. The molecule has 8 heteroatoms. The maximum Gasteiger partial charge on any atom is 0.321 e. The molecule has 4 amide bonds. The number of halogens is 1. The van der Waals surface area contributed by atoms with Gasteiger partial charge in [-0.2, -0.15) is 0 Å². The van der Waals surface area contributed by atoms with E-state index in [0.717, 1.165) is 18.5 Å². The Morgan fingerprint density at radius 2 is 1.69 bits per heavy atom. The molecule has 1 unspecified atom stereocenters. The summed E-state index contributed by atoms with van der Waals surface area (Å²) in [7, 11) is 0. The molecule has 2 aromatic rings. The number of rotatable bonds is 5. The van der Waals surface area contributed by atoms with E-state index in [9.17, 15) is 18.8 Å². The molecule has 4 rings (SSSR count). The summed E-state index contributed by atoms with van der Waals surface area (Å²) in [6.07, 6.45) is 1.80. The van der Waals surface area contributed by atoms with Crippen LogP contribution in [0.25, 0.3) is 0 Å². The molecule has 2 saturated heterocycles. The van der Waals surface area contributed by atoms with Gasteiger partial charge in [0, 0.05) is 44.0 Å². The number of carbonyl (C=O) groups excluding carboxylic acids is 3. The zero-order valence-electron chi connectivity index (χ0n) is 17.8. The first-order chi connectivity index (χ1) is 15.5. The fourth-order valence-electron chi connectivity index (χ4n) is 4.21. The molecule has 7 nitrogen and oxygen atoms in total. The third-order valence-corrected chi connectivity index (χ3v) is 6.13. The van der Waals surface area contributed by atoms with Crippen LogP contribution < -0.4 is 15.5 Å². The first-order valence-corrected chi connectivity index (χ1v) is 10.9. The zero-order valence-corrected chi connectivity index (χ0v) is 17.8. The number of carbonyl (C=O) groups is 3. The van der Waals surface area contributed by atoms with Crippen LogP contribution in [0, 0.1) is 17.7 Å². The molecule has 0 radical (unpaired) electrons. The van der Waals surface area contributed by atoms with Crippen LogP contribution in [0.1, 0.15) is 19.3 Å². The van der Waals surface area contributed by atoms with E-state index in [1.54, 1.807) is 9.80 Å². The smallest absolute Gasteiger partial charge is 0.321 e. The lowest BCUT2D eigenvalue weighted by Gasteiger charge is -2.32. The summed E-state index contributed by atoms with van der Waals surface area (Å²) < 4.78 is 13.0. The maximum atomic E-state index is 13.0. The molecule has 2 fully saturated rings. The number of hydrogen-bond donors (Lipinski definition) is 2. The van der Waals surface area contributed by atoms with Crippen LogP contribution in [0.2, 0.25) is 0 Å². The molecule has 168 valence electrons. The Kier molecular flexibility index (Phi) is 6.68. The number of piperidine rings is 1. The number of urea groups is 1. The van der Waals surface area contributed by atoms with Crippen molar-refractivity contribution in [2.75, 3.05) is 36.4 Å². The number of anilines is 2. The van der Waals surface area contributed by atoms with Crippen LogP contribution >= 0.6 is 0 Å².